The van der Waals surface area contributed by atoms with Crippen LogP contribution >= 0.6 is 0 Å². The van der Waals surface area contributed by atoms with Gasteiger partial charge in [0.05, 0.1) is 18.7 Å². The van der Waals surface area contributed by atoms with E-state index in [1.165, 1.54) is 12.1 Å². The van der Waals surface area contributed by atoms with Crippen molar-refractivity contribution in [1.29, 1.82) is 0 Å². The first kappa shape index (κ1) is 30.2. The van der Waals surface area contributed by atoms with Crippen LogP contribution in [0.3, 0.4) is 0 Å². The molecule has 0 atom stereocenters. The second kappa shape index (κ2) is 13.8. The maximum absolute atomic E-state index is 13.1. The Balaban J connectivity index is 1.29. The number of nitrogens with zero attached hydrogens (tertiary/aromatic N) is 4. The van der Waals surface area contributed by atoms with Gasteiger partial charge in [0.1, 0.15) is 11.6 Å². The number of pyridine rings is 1. The van der Waals surface area contributed by atoms with Crippen LogP contribution in [0.2, 0.25) is 0 Å². The topological polar surface area (TPSA) is 101 Å². The van der Waals surface area contributed by atoms with Crippen molar-refractivity contribution in [2.45, 2.75) is 33.6 Å². The highest BCUT2D eigenvalue weighted by atomic mass is 19.1. The molecule has 0 aliphatic rings. The summed E-state index contributed by atoms with van der Waals surface area (Å²) in [4.78, 5) is 31.7. The minimum atomic E-state index is -0.331. The Morgan fingerprint density at radius 1 is 0.909 bits per heavy atom. The van der Waals surface area contributed by atoms with Gasteiger partial charge in [-0.3, -0.25) is 9.59 Å². The average Bonchev–Trinajstić information content (AvgIpc) is 3.44. The molecule has 0 fully saturated rings. The highest BCUT2D eigenvalue weighted by molar-refractivity contribution is 5.95. The second-order valence-electron chi connectivity index (χ2n) is 10.2. The maximum atomic E-state index is 13.1. The van der Waals surface area contributed by atoms with E-state index in [9.17, 15) is 14.0 Å². The van der Waals surface area contributed by atoms with Gasteiger partial charge in [0.25, 0.3) is 5.91 Å². The van der Waals surface area contributed by atoms with Crippen molar-refractivity contribution < 1.29 is 18.7 Å². The summed E-state index contributed by atoms with van der Waals surface area (Å²) >= 11 is 0. The van der Waals surface area contributed by atoms with Crippen LogP contribution in [0.5, 0.6) is 5.75 Å². The molecule has 0 bridgehead atoms. The van der Waals surface area contributed by atoms with E-state index in [4.69, 9.17) is 4.74 Å². The van der Waals surface area contributed by atoms with E-state index < -0.39 is 0 Å². The predicted octanol–water partition coefficient (Wildman–Crippen LogP) is 6.73. The smallest absolute Gasteiger partial charge is 0.253 e. The Hall–Kier alpha value is -5.25. The number of fused-ring (bicyclic) bond motifs is 1. The molecular formula is C34H35FN6O3. The van der Waals surface area contributed by atoms with Crippen molar-refractivity contribution in [1.82, 2.24) is 19.5 Å². The number of aromatic nitrogens is 3. The number of rotatable bonds is 12. The van der Waals surface area contributed by atoms with Gasteiger partial charge in [0.15, 0.2) is 5.65 Å². The number of carbonyl (C=O) groups is 2. The summed E-state index contributed by atoms with van der Waals surface area (Å²) in [6.07, 6.45) is 2.87. The molecule has 2 N–H and O–H groups in total. The molecular weight excluding hydrogens is 559 g/mol. The first-order valence-corrected chi connectivity index (χ1v) is 14.7. The monoisotopic (exact) mass is 594 g/mol. The van der Waals surface area contributed by atoms with E-state index >= 15 is 0 Å². The molecule has 5 rings (SSSR count). The quantitative estimate of drug-likeness (QED) is 0.166. The molecule has 0 saturated carbocycles. The molecule has 226 valence electrons. The van der Waals surface area contributed by atoms with E-state index in [0.717, 1.165) is 23.1 Å². The van der Waals surface area contributed by atoms with Crippen LogP contribution in [0.4, 0.5) is 21.7 Å². The molecule has 0 spiro atoms. The van der Waals surface area contributed by atoms with E-state index in [-0.39, 0.29) is 24.1 Å². The molecule has 5 aromatic rings. The number of carbonyl (C=O) groups excluding carboxylic acids is 2. The second-order valence-corrected chi connectivity index (χ2v) is 10.2. The first-order valence-electron chi connectivity index (χ1n) is 14.7. The third kappa shape index (κ3) is 7.20. The highest BCUT2D eigenvalue weighted by Crippen LogP contribution is 2.30. The van der Waals surface area contributed by atoms with Crippen LogP contribution in [0, 0.1) is 5.82 Å². The van der Waals surface area contributed by atoms with E-state index in [1.807, 2.05) is 69.4 Å². The minimum absolute atomic E-state index is 0.0401. The number of halogens is 1. The fourth-order valence-electron chi connectivity index (χ4n) is 4.75. The molecule has 3 aromatic carbocycles. The minimum Gasteiger partial charge on any atom is -0.491 e. The van der Waals surface area contributed by atoms with Crippen molar-refractivity contribution in [3.05, 3.63) is 102 Å². The zero-order valence-electron chi connectivity index (χ0n) is 25.0. The number of anilines is 3. The zero-order valence-corrected chi connectivity index (χ0v) is 25.0. The Labute approximate surface area is 255 Å². The molecule has 0 unspecified atom stereocenters. The Bertz CT molecular complexity index is 1750. The summed E-state index contributed by atoms with van der Waals surface area (Å²) in [5.74, 6) is 0.408. The molecule has 0 aliphatic carbocycles. The van der Waals surface area contributed by atoms with Crippen LogP contribution in [-0.4, -0.2) is 51.0 Å². The standard InChI is InChI=1S/C34H35FN6O3/c1-4-19-44-30-21-25(33(43)40(5-2)6-3)11-17-29(30)37-34-38-31-18-12-26(22-41(31)39-34)24-9-15-28(16-10-24)36-32(42)20-23-7-13-27(35)14-8-23/h7-18,21-22H,4-6,19-20H2,1-3H3,(H,36,42)(H,37,39). The van der Waals surface area contributed by atoms with Crippen LogP contribution in [-0.2, 0) is 11.2 Å². The van der Waals surface area contributed by atoms with Gasteiger partial charge in [0.2, 0.25) is 11.9 Å². The van der Waals surface area contributed by atoms with Gasteiger partial charge in [-0.25, -0.2) is 8.91 Å². The summed E-state index contributed by atoms with van der Waals surface area (Å²) in [5, 5.41) is 10.7. The molecule has 2 aromatic heterocycles. The normalized spacial score (nSPS) is 10.9. The van der Waals surface area contributed by atoms with Crippen LogP contribution < -0.4 is 15.4 Å². The van der Waals surface area contributed by atoms with Gasteiger partial charge in [-0.15, -0.1) is 5.10 Å². The van der Waals surface area contributed by atoms with Crippen LogP contribution in [0.1, 0.15) is 43.1 Å². The van der Waals surface area contributed by atoms with Gasteiger partial charge in [0, 0.05) is 36.1 Å². The Morgan fingerprint density at radius 3 is 2.34 bits per heavy atom. The number of benzene rings is 3. The molecule has 0 saturated heterocycles. The lowest BCUT2D eigenvalue weighted by molar-refractivity contribution is -0.115. The van der Waals surface area contributed by atoms with Crippen molar-refractivity contribution in [2.75, 3.05) is 30.3 Å². The van der Waals surface area contributed by atoms with E-state index in [2.05, 4.69) is 20.7 Å². The third-order valence-corrected chi connectivity index (χ3v) is 7.10. The largest absolute Gasteiger partial charge is 0.491 e. The van der Waals surface area contributed by atoms with Gasteiger partial charge < -0.3 is 20.3 Å². The van der Waals surface area contributed by atoms with Gasteiger partial charge in [-0.1, -0.05) is 31.2 Å². The van der Waals surface area contributed by atoms with Crippen molar-refractivity contribution in [3.63, 3.8) is 0 Å². The van der Waals surface area contributed by atoms with Gasteiger partial charge in [-0.2, -0.15) is 4.98 Å². The zero-order chi connectivity index (χ0) is 31.1. The van der Waals surface area contributed by atoms with Crippen LogP contribution in [0.25, 0.3) is 16.8 Å². The fourth-order valence-corrected chi connectivity index (χ4v) is 4.75. The number of ether oxygens (including phenoxy) is 1. The Kier molecular flexibility index (Phi) is 9.49. The number of amides is 2. The highest BCUT2D eigenvalue weighted by Gasteiger charge is 2.17. The molecule has 2 heterocycles. The average molecular weight is 595 g/mol. The lowest BCUT2D eigenvalue weighted by Crippen LogP contribution is -2.30. The van der Waals surface area contributed by atoms with Crippen molar-refractivity contribution in [3.8, 4) is 16.9 Å². The fraction of sp³-hybridized carbons (Fsp3) is 0.235. The third-order valence-electron chi connectivity index (χ3n) is 7.10. The lowest BCUT2D eigenvalue weighted by Gasteiger charge is -2.20. The van der Waals surface area contributed by atoms with E-state index in [1.54, 1.807) is 33.7 Å². The molecule has 9 nitrogen and oxygen atoms in total. The van der Waals surface area contributed by atoms with Crippen molar-refractivity contribution >= 4 is 34.8 Å². The van der Waals surface area contributed by atoms with Crippen LogP contribution in [0.15, 0.2) is 85.1 Å². The summed E-state index contributed by atoms with van der Waals surface area (Å²) in [7, 11) is 0. The summed E-state index contributed by atoms with van der Waals surface area (Å²) in [6.45, 7) is 7.72. The van der Waals surface area contributed by atoms with Gasteiger partial charge in [-0.05, 0) is 86.0 Å². The lowest BCUT2D eigenvalue weighted by atomic mass is 10.1. The number of hydrogen-bond acceptors (Lipinski definition) is 6. The first-order chi connectivity index (χ1) is 21.4. The van der Waals surface area contributed by atoms with E-state index in [0.29, 0.717) is 54.0 Å². The molecule has 10 heteroatoms. The maximum Gasteiger partial charge on any atom is 0.253 e. The molecule has 0 radical (unpaired) electrons. The molecule has 2 amide bonds. The van der Waals surface area contributed by atoms with Gasteiger partial charge >= 0.3 is 0 Å². The Morgan fingerprint density at radius 2 is 1.64 bits per heavy atom. The summed E-state index contributed by atoms with van der Waals surface area (Å²) in [5.41, 5.74) is 5.16. The van der Waals surface area contributed by atoms with Crippen molar-refractivity contribution in [2.24, 2.45) is 0 Å². The summed E-state index contributed by atoms with van der Waals surface area (Å²) < 4.78 is 20.8. The number of hydrogen-bond donors (Lipinski definition) is 2. The molecule has 0 aliphatic heterocycles. The number of nitrogens with one attached hydrogen (secondary N) is 2. The molecule has 44 heavy (non-hydrogen) atoms. The summed E-state index contributed by atoms with van der Waals surface area (Å²) in [6, 6.07) is 22.6. The SMILES string of the molecule is CCCOc1cc(C(=O)N(CC)CC)ccc1Nc1nc2ccc(-c3ccc(NC(=O)Cc4ccc(F)cc4)cc3)cn2n1. The predicted molar refractivity (Wildman–Crippen MR) is 170 cm³/mol.